The van der Waals surface area contributed by atoms with Crippen LogP contribution >= 0.6 is 11.3 Å². The summed E-state index contributed by atoms with van der Waals surface area (Å²) in [5.41, 5.74) is 5.56. The summed E-state index contributed by atoms with van der Waals surface area (Å²) in [6.07, 6.45) is 3.66. The fourth-order valence-corrected chi connectivity index (χ4v) is 4.87. The van der Waals surface area contributed by atoms with Crippen molar-refractivity contribution in [2.45, 2.75) is 0 Å². The van der Waals surface area contributed by atoms with E-state index >= 15 is 0 Å². The number of thiophene rings is 1. The van der Waals surface area contributed by atoms with Crippen LogP contribution in [-0.4, -0.2) is 19.2 Å². The summed E-state index contributed by atoms with van der Waals surface area (Å²) < 4.78 is 10.7. The number of benzene rings is 3. The number of methoxy groups -OCH3 is 2. The average Bonchev–Trinajstić information content (AvgIpc) is 3.41. The minimum atomic E-state index is 0.830. The van der Waals surface area contributed by atoms with E-state index in [1.807, 2.05) is 48.8 Å². The smallest absolute Gasteiger partial charge is 0.119 e. The molecule has 2 aromatic heterocycles. The second-order valence-electron chi connectivity index (χ2n) is 7.68. The molecule has 5 aromatic rings. The molecule has 3 aromatic carbocycles. The van der Waals surface area contributed by atoms with E-state index < -0.39 is 0 Å². The molecular weight excluding hydrogens is 440 g/mol. The zero-order valence-corrected chi connectivity index (χ0v) is 19.8. The monoisotopic (exact) mass is 464 g/mol. The van der Waals surface area contributed by atoms with Gasteiger partial charge in [-0.15, -0.1) is 11.3 Å². The van der Waals surface area contributed by atoms with Crippen molar-refractivity contribution < 1.29 is 9.47 Å². The number of pyridine rings is 1. The Balaban J connectivity index is 1.48. The number of ether oxygens (including phenoxy) is 2. The third-order valence-corrected chi connectivity index (χ3v) is 6.83. The lowest BCUT2D eigenvalue weighted by Crippen LogP contribution is -2.09. The van der Waals surface area contributed by atoms with Crippen molar-refractivity contribution in [1.29, 1.82) is 0 Å². The highest BCUT2D eigenvalue weighted by atomic mass is 32.1. The van der Waals surface area contributed by atoms with Crippen molar-refractivity contribution in [1.82, 2.24) is 4.98 Å². The summed E-state index contributed by atoms with van der Waals surface area (Å²) in [6, 6.07) is 33.3. The SMILES string of the molecule is COc1ccc(N(c2ccc(OC)cc2)c2ccc(-c3ccc(-c4ccncc4)s3)cc2)cc1. The van der Waals surface area contributed by atoms with Crippen molar-refractivity contribution in [2.75, 3.05) is 19.1 Å². The van der Waals surface area contributed by atoms with Crippen LogP contribution in [0.5, 0.6) is 11.5 Å². The molecule has 0 unspecified atom stereocenters. The largest absolute Gasteiger partial charge is 0.497 e. The molecule has 0 aliphatic heterocycles. The standard InChI is InChI=1S/C29H24N2O2S/c1-32-26-11-7-24(8-12-26)31(25-9-13-27(33-2)14-10-25)23-5-3-21(4-6-23)28-15-16-29(34-28)22-17-19-30-20-18-22/h3-20H,1-2H3. The van der Waals surface area contributed by atoms with Gasteiger partial charge in [-0.1, -0.05) is 12.1 Å². The van der Waals surface area contributed by atoms with Crippen molar-refractivity contribution >= 4 is 28.4 Å². The summed E-state index contributed by atoms with van der Waals surface area (Å²) in [4.78, 5) is 8.81. The quantitative estimate of drug-likeness (QED) is 0.245. The van der Waals surface area contributed by atoms with Gasteiger partial charge in [0.05, 0.1) is 14.2 Å². The Morgan fingerprint density at radius 1 is 0.529 bits per heavy atom. The Morgan fingerprint density at radius 3 is 1.38 bits per heavy atom. The van der Waals surface area contributed by atoms with Gasteiger partial charge in [-0.2, -0.15) is 0 Å². The van der Waals surface area contributed by atoms with Crippen molar-refractivity contribution in [3.63, 3.8) is 0 Å². The maximum atomic E-state index is 5.35. The predicted molar refractivity (Wildman–Crippen MR) is 141 cm³/mol. The highest BCUT2D eigenvalue weighted by molar-refractivity contribution is 7.18. The van der Waals surface area contributed by atoms with Crippen molar-refractivity contribution in [3.8, 4) is 32.4 Å². The Kier molecular flexibility index (Phi) is 6.27. The van der Waals surface area contributed by atoms with E-state index in [9.17, 15) is 0 Å². The second-order valence-corrected chi connectivity index (χ2v) is 8.76. The molecule has 0 N–H and O–H groups in total. The van der Waals surface area contributed by atoms with Gasteiger partial charge in [-0.3, -0.25) is 4.98 Å². The Labute approximate surface area is 203 Å². The first kappa shape index (κ1) is 21.7. The molecule has 0 aliphatic rings. The summed E-state index contributed by atoms with van der Waals surface area (Å²) in [7, 11) is 3.36. The molecule has 5 heteroatoms. The van der Waals surface area contributed by atoms with E-state index in [-0.39, 0.29) is 0 Å². The maximum absolute atomic E-state index is 5.35. The van der Waals surface area contributed by atoms with Gasteiger partial charge >= 0.3 is 0 Å². The van der Waals surface area contributed by atoms with Crippen LogP contribution in [0.4, 0.5) is 17.1 Å². The maximum Gasteiger partial charge on any atom is 0.119 e. The molecule has 168 valence electrons. The lowest BCUT2D eigenvalue weighted by Gasteiger charge is -2.26. The molecule has 0 aliphatic carbocycles. The molecule has 34 heavy (non-hydrogen) atoms. The summed E-state index contributed by atoms with van der Waals surface area (Å²) in [5.74, 6) is 1.66. The van der Waals surface area contributed by atoms with Gasteiger partial charge < -0.3 is 14.4 Å². The second kappa shape index (κ2) is 9.81. The van der Waals surface area contributed by atoms with Crippen LogP contribution in [0, 0.1) is 0 Å². The first-order chi connectivity index (χ1) is 16.7. The number of hydrogen-bond acceptors (Lipinski definition) is 5. The molecule has 0 amide bonds. The minimum Gasteiger partial charge on any atom is -0.497 e. The zero-order valence-electron chi connectivity index (χ0n) is 19.0. The third kappa shape index (κ3) is 4.51. The average molecular weight is 465 g/mol. The zero-order chi connectivity index (χ0) is 23.3. The molecular formula is C29H24N2O2S. The number of nitrogens with zero attached hydrogens (tertiary/aromatic N) is 2. The molecule has 0 atom stereocenters. The molecule has 0 fully saturated rings. The lowest BCUT2D eigenvalue weighted by molar-refractivity contribution is 0.415. The summed E-state index contributed by atoms with van der Waals surface area (Å²) in [5, 5.41) is 0. The van der Waals surface area contributed by atoms with E-state index in [0.717, 1.165) is 28.6 Å². The molecule has 0 saturated heterocycles. The van der Waals surface area contributed by atoms with Crippen LogP contribution < -0.4 is 14.4 Å². The number of rotatable bonds is 7. The Morgan fingerprint density at radius 2 is 0.941 bits per heavy atom. The van der Waals surface area contributed by atoms with E-state index in [2.05, 4.69) is 70.5 Å². The molecule has 0 saturated carbocycles. The number of hydrogen-bond donors (Lipinski definition) is 0. The Hall–Kier alpha value is -4.09. The minimum absolute atomic E-state index is 0.830. The normalized spacial score (nSPS) is 10.6. The van der Waals surface area contributed by atoms with Crippen LogP contribution in [0.3, 0.4) is 0 Å². The van der Waals surface area contributed by atoms with Crippen LogP contribution in [0.25, 0.3) is 20.9 Å². The van der Waals surface area contributed by atoms with Crippen molar-refractivity contribution in [3.05, 3.63) is 109 Å². The third-order valence-electron chi connectivity index (χ3n) is 5.64. The van der Waals surface area contributed by atoms with Crippen LogP contribution in [-0.2, 0) is 0 Å². The predicted octanol–water partition coefficient (Wildman–Crippen LogP) is 7.96. The highest BCUT2D eigenvalue weighted by Gasteiger charge is 2.14. The van der Waals surface area contributed by atoms with Crippen LogP contribution in [0.15, 0.2) is 109 Å². The van der Waals surface area contributed by atoms with E-state index in [0.29, 0.717) is 0 Å². The molecule has 2 heterocycles. The first-order valence-corrected chi connectivity index (χ1v) is 11.8. The fraction of sp³-hybridized carbons (Fsp3) is 0.0690. The van der Waals surface area contributed by atoms with Gasteiger partial charge in [0, 0.05) is 39.2 Å². The summed E-state index contributed by atoms with van der Waals surface area (Å²) in [6.45, 7) is 0. The van der Waals surface area contributed by atoms with Crippen molar-refractivity contribution in [2.24, 2.45) is 0 Å². The van der Waals surface area contributed by atoms with Gasteiger partial charge in [0.2, 0.25) is 0 Å². The van der Waals surface area contributed by atoms with Gasteiger partial charge in [0.15, 0.2) is 0 Å². The first-order valence-electron chi connectivity index (χ1n) is 10.9. The topological polar surface area (TPSA) is 34.6 Å². The molecule has 5 rings (SSSR count). The molecule has 4 nitrogen and oxygen atoms in total. The number of anilines is 3. The van der Waals surface area contributed by atoms with Gasteiger partial charge in [-0.25, -0.2) is 0 Å². The van der Waals surface area contributed by atoms with Gasteiger partial charge in [0.25, 0.3) is 0 Å². The molecule has 0 bridgehead atoms. The van der Waals surface area contributed by atoms with Crippen LogP contribution in [0.2, 0.25) is 0 Å². The van der Waals surface area contributed by atoms with Gasteiger partial charge in [-0.05, 0) is 96.1 Å². The number of aromatic nitrogens is 1. The van der Waals surface area contributed by atoms with Gasteiger partial charge in [0.1, 0.15) is 11.5 Å². The highest BCUT2D eigenvalue weighted by Crippen LogP contribution is 2.39. The lowest BCUT2D eigenvalue weighted by atomic mass is 10.1. The van der Waals surface area contributed by atoms with E-state index in [4.69, 9.17) is 9.47 Å². The van der Waals surface area contributed by atoms with E-state index in [1.165, 1.54) is 20.9 Å². The molecule has 0 radical (unpaired) electrons. The fourth-order valence-electron chi connectivity index (χ4n) is 3.85. The Bertz CT molecular complexity index is 1300. The molecule has 0 spiro atoms. The summed E-state index contributed by atoms with van der Waals surface area (Å²) >= 11 is 1.79. The van der Waals surface area contributed by atoms with E-state index in [1.54, 1.807) is 25.6 Å². The van der Waals surface area contributed by atoms with Crippen LogP contribution in [0.1, 0.15) is 0 Å².